The number of aliphatic hydroxyl groups excluding tert-OH is 1. The molecule has 1 saturated carbocycles. The fourth-order valence-corrected chi connectivity index (χ4v) is 3.47. The molecule has 4 heteroatoms. The Morgan fingerprint density at radius 1 is 1.47 bits per heavy atom. The molecule has 0 saturated heterocycles. The van der Waals surface area contributed by atoms with Gasteiger partial charge in [-0.2, -0.15) is 5.10 Å². The second-order valence-electron chi connectivity index (χ2n) is 5.97. The Hall–Kier alpha value is -0.540. The van der Waals surface area contributed by atoms with Gasteiger partial charge in [-0.25, -0.2) is 0 Å². The summed E-state index contributed by atoms with van der Waals surface area (Å²) in [5.74, 6) is 1.15. The van der Waals surface area contributed by atoms with Crippen LogP contribution in [0.1, 0.15) is 50.9 Å². The van der Waals surface area contributed by atoms with Gasteiger partial charge in [0.15, 0.2) is 0 Å². The fourth-order valence-electron chi connectivity index (χ4n) is 3.26. The summed E-state index contributed by atoms with van der Waals surface area (Å²) in [6.07, 6.45) is 5.16. The molecule has 3 unspecified atom stereocenters. The van der Waals surface area contributed by atoms with Gasteiger partial charge in [0.2, 0.25) is 0 Å². The number of aryl methyl sites for hydroxylation is 2. The van der Waals surface area contributed by atoms with Crippen LogP contribution in [0.15, 0.2) is 0 Å². The molecule has 3 nitrogen and oxygen atoms in total. The zero-order valence-electron chi connectivity index (χ0n) is 12.2. The summed E-state index contributed by atoms with van der Waals surface area (Å²) in [6, 6.07) is 0. The van der Waals surface area contributed by atoms with Crippen molar-refractivity contribution >= 4 is 11.6 Å². The van der Waals surface area contributed by atoms with Gasteiger partial charge in [0, 0.05) is 13.0 Å². The molecule has 1 aliphatic rings. The highest BCUT2D eigenvalue weighted by atomic mass is 35.5. The van der Waals surface area contributed by atoms with E-state index in [0.29, 0.717) is 12.3 Å². The van der Waals surface area contributed by atoms with Crippen molar-refractivity contribution in [3.05, 3.63) is 16.4 Å². The smallest absolute Gasteiger partial charge is 0.0848 e. The van der Waals surface area contributed by atoms with Crippen LogP contribution in [0, 0.1) is 18.8 Å². The van der Waals surface area contributed by atoms with E-state index in [9.17, 15) is 5.11 Å². The second-order valence-corrected chi connectivity index (χ2v) is 6.34. The number of hydrogen-bond acceptors (Lipinski definition) is 2. The van der Waals surface area contributed by atoms with E-state index in [4.69, 9.17) is 11.6 Å². The lowest BCUT2D eigenvalue weighted by Crippen LogP contribution is -2.28. The van der Waals surface area contributed by atoms with Gasteiger partial charge in [-0.3, -0.25) is 4.68 Å². The average Bonchev–Trinajstić information content (AvgIpc) is 2.66. The van der Waals surface area contributed by atoms with E-state index < -0.39 is 0 Å². The molecule has 0 radical (unpaired) electrons. The van der Waals surface area contributed by atoms with Crippen molar-refractivity contribution in [2.45, 2.75) is 65.5 Å². The van der Waals surface area contributed by atoms with Crippen LogP contribution in [-0.4, -0.2) is 21.0 Å². The Kier molecular flexibility index (Phi) is 4.91. The summed E-state index contributed by atoms with van der Waals surface area (Å²) in [7, 11) is 0. The molecule has 1 aromatic heterocycles. The highest BCUT2D eigenvalue weighted by Crippen LogP contribution is 2.33. The van der Waals surface area contributed by atoms with E-state index >= 15 is 0 Å². The summed E-state index contributed by atoms with van der Waals surface area (Å²) < 4.78 is 1.92. The minimum absolute atomic E-state index is 0.290. The van der Waals surface area contributed by atoms with E-state index in [2.05, 4.69) is 18.9 Å². The second kappa shape index (κ2) is 6.27. The van der Waals surface area contributed by atoms with Crippen LogP contribution in [0.3, 0.4) is 0 Å². The van der Waals surface area contributed by atoms with Gasteiger partial charge >= 0.3 is 0 Å². The van der Waals surface area contributed by atoms with E-state index in [1.54, 1.807) is 0 Å². The van der Waals surface area contributed by atoms with Crippen molar-refractivity contribution < 1.29 is 5.11 Å². The van der Waals surface area contributed by atoms with Crippen LogP contribution >= 0.6 is 11.6 Å². The summed E-state index contributed by atoms with van der Waals surface area (Å²) in [5, 5.41) is 15.6. The maximum atomic E-state index is 10.5. The molecule has 1 aromatic rings. The molecule has 3 atom stereocenters. The van der Waals surface area contributed by atoms with Gasteiger partial charge in [0.05, 0.1) is 22.5 Å². The Bertz CT molecular complexity index is 430. The van der Waals surface area contributed by atoms with E-state index in [-0.39, 0.29) is 6.10 Å². The molecule has 2 rings (SSSR count). The molecule has 0 amide bonds. The summed E-state index contributed by atoms with van der Waals surface area (Å²) in [5.41, 5.74) is 1.86. The summed E-state index contributed by atoms with van der Waals surface area (Å²) in [6.45, 7) is 7.07. The van der Waals surface area contributed by atoms with Crippen molar-refractivity contribution in [3.8, 4) is 0 Å². The lowest BCUT2D eigenvalue weighted by Gasteiger charge is -2.30. The monoisotopic (exact) mass is 284 g/mol. The van der Waals surface area contributed by atoms with Crippen molar-refractivity contribution in [3.63, 3.8) is 0 Å². The third kappa shape index (κ3) is 3.32. The normalized spacial score (nSPS) is 25.5. The highest BCUT2D eigenvalue weighted by Gasteiger charge is 2.27. The van der Waals surface area contributed by atoms with Gasteiger partial charge in [-0.05, 0) is 38.5 Å². The predicted octanol–water partition coefficient (Wildman–Crippen LogP) is 3.59. The molecule has 1 N–H and O–H groups in total. The van der Waals surface area contributed by atoms with E-state index in [1.807, 2.05) is 11.6 Å². The molecule has 1 heterocycles. The quantitative estimate of drug-likeness (QED) is 0.917. The maximum Gasteiger partial charge on any atom is 0.0848 e. The molecule has 1 aliphatic carbocycles. The third-order valence-corrected chi connectivity index (χ3v) is 4.87. The largest absolute Gasteiger partial charge is 0.392 e. The fraction of sp³-hybridized carbons (Fsp3) is 0.800. The van der Waals surface area contributed by atoms with Crippen LogP contribution in [-0.2, 0) is 13.0 Å². The van der Waals surface area contributed by atoms with Gasteiger partial charge in [-0.1, -0.05) is 31.4 Å². The maximum absolute atomic E-state index is 10.5. The first-order valence-corrected chi connectivity index (χ1v) is 7.80. The highest BCUT2D eigenvalue weighted by molar-refractivity contribution is 6.31. The zero-order valence-corrected chi connectivity index (χ0v) is 13.0. The first-order chi connectivity index (χ1) is 9.02. The molecule has 19 heavy (non-hydrogen) atoms. The Morgan fingerprint density at radius 3 is 2.84 bits per heavy atom. The van der Waals surface area contributed by atoms with Crippen molar-refractivity contribution in [2.24, 2.45) is 11.8 Å². The Labute approximate surface area is 121 Å². The first kappa shape index (κ1) is 14.9. The molecule has 0 aliphatic heterocycles. The lowest BCUT2D eigenvalue weighted by atomic mass is 9.78. The number of rotatable bonds is 4. The molecule has 0 aromatic carbocycles. The number of halogens is 1. The minimum atomic E-state index is -0.290. The number of hydrogen-bond donors (Lipinski definition) is 1. The van der Waals surface area contributed by atoms with E-state index in [0.717, 1.165) is 41.7 Å². The zero-order chi connectivity index (χ0) is 14.0. The number of aliphatic hydroxyl groups is 1. The van der Waals surface area contributed by atoms with Crippen LogP contribution in [0.4, 0.5) is 0 Å². The van der Waals surface area contributed by atoms with Crippen LogP contribution in [0.25, 0.3) is 0 Å². The SMILES string of the molecule is CCn1nc(C)c(Cl)c1CC(O)C1CCCC(C)C1. The average molecular weight is 285 g/mol. The van der Waals surface area contributed by atoms with E-state index in [1.165, 1.54) is 12.8 Å². The summed E-state index contributed by atoms with van der Waals surface area (Å²) >= 11 is 6.31. The minimum Gasteiger partial charge on any atom is -0.392 e. The number of aromatic nitrogens is 2. The Morgan fingerprint density at radius 2 is 2.21 bits per heavy atom. The predicted molar refractivity (Wildman–Crippen MR) is 78.5 cm³/mol. The molecular weight excluding hydrogens is 260 g/mol. The third-order valence-electron chi connectivity index (χ3n) is 4.38. The first-order valence-electron chi connectivity index (χ1n) is 7.42. The van der Waals surface area contributed by atoms with Gasteiger partial charge in [0.1, 0.15) is 0 Å². The molecular formula is C15H25ClN2O. The van der Waals surface area contributed by atoms with Crippen molar-refractivity contribution in [1.82, 2.24) is 9.78 Å². The van der Waals surface area contributed by atoms with Crippen LogP contribution in [0.2, 0.25) is 5.02 Å². The van der Waals surface area contributed by atoms with Gasteiger partial charge in [0.25, 0.3) is 0 Å². The molecule has 108 valence electrons. The summed E-state index contributed by atoms with van der Waals surface area (Å²) in [4.78, 5) is 0. The molecule has 1 fully saturated rings. The van der Waals surface area contributed by atoms with Crippen LogP contribution < -0.4 is 0 Å². The van der Waals surface area contributed by atoms with Gasteiger partial charge < -0.3 is 5.11 Å². The van der Waals surface area contributed by atoms with Crippen molar-refractivity contribution in [2.75, 3.05) is 0 Å². The molecule has 0 bridgehead atoms. The van der Waals surface area contributed by atoms with Crippen LogP contribution in [0.5, 0.6) is 0 Å². The topological polar surface area (TPSA) is 38.0 Å². The number of nitrogens with zero attached hydrogens (tertiary/aromatic N) is 2. The lowest BCUT2D eigenvalue weighted by molar-refractivity contribution is 0.0704. The van der Waals surface area contributed by atoms with Crippen molar-refractivity contribution in [1.29, 1.82) is 0 Å². The molecule has 0 spiro atoms. The Balaban J connectivity index is 2.07. The van der Waals surface area contributed by atoms with Gasteiger partial charge in [-0.15, -0.1) is 0 Å². The standard InChI is InChI=1S/C15H25ClN2O/c1-4-18-13(15(16)11(3)17-18)9-14(19)12-7-5-6-10(2)8-12/h10,12,14,19H,4-9H2,1-3H3.